The Morgan fingerprint density at radius 3 is 2.27 bits per heavy atom. The molecule has 3 saturated heterocycles. The number of nitrogens with zero attached hydrogens (tertiary/aromatic N) is 3. The molecule has 0 bridgehead atoms. The number of benzene rings is 3. The Hall–Kier alpha value is -3.56. The van der Waals surface area contributed by atoms with Gasteiger partial charge in [-0.2, -0.15) is 0 Å². The van der Waals surface area contributed by atoms with Crippen molar-refractivity contribution in [3.63, 3.8) is 0 Å². The minimum Gasteiger partial charge on any atom is -0.446 e. The minimum atomic E-state index is -0.370. The van der Waals surface area contributed by atoms with Crippen molar-refractivity contribution in [1.82, 2.24) is 20.0 Å². The molecule has 3 fully saturated rings. The largest absolute Gasteiger partial charge is 0.446 e. The maximum absolute atomic E-state index is 12.4. The van der Waals surface area contributed by atoms with Gasteiger partial charge < -0.3 is 19.9 Å². The van der Waals surface area contributed by atoms with Crippen molar-refractivity contribution in [3.05, 3.63) is 90.0 Å². The molecule has 1 amide bonds. The predicted molar refractivity (Wildman–Crippen MR) is 182 cm³/mol. The molecule has 2 N–H and O–H groups in total. The van der Waals surface area contributed by atoms with E-state index in [2.05, 4.69) is 51.6 Å². The molecule has 0 aliphatic carbocycles. The van der Waals surface area contributed by atoms with Gasteiger partial charge in [-0.3, -0.25) is 15.0 Å². The van der Waals surface area contributed by atoms with Gasteiger partial charge in [0.05, 0.1) is 5.69 Å². The highest BCUT2D eigenvalue weighted by molar-refractivity contribution is 5.91. The average Bonchev–Trinajstić information content (AvgIpc) is 3.05. The highest BCUT2D eigenvalue weighted by atomic mass is 16.6. The van der Waals surface area contributed by atoms with Gasteiger partial charge in [0.2, 0.25) is 0 Å². The van der Waals surface area contributed by atoms with E-state index in [1.807, 2.05) is 66.7 Å². The predicted octanol–water partition coefficient (Wildman–Crippen LogP) is 5.61. The Labute approximate surface area is 268 Å². The smallest absolute Gasteiger partial charge is 0.411 e. The van der Waals surface area contributed by atoms with E-state index in [0.717, 1.165) is 74.2 Å². The molecule has 240 valence electrons. The van der Waals surface area contributed by atoms with Crippen LogP contribution < -0.4 is 10.6 Å². The maximum atomic E-state index is 12.4. The van der Waals surface area contributed by atoms with E-state index in [1.165, 1.54) is 44.6 Å². The zero-order chi connectivity index (χ0) is 31.5. The zero-order valence-electron chi connectivity index (χ0n) is 26.9. The van der Waals surface area contributed by atoms with Crippen molar-refractivity contribution < 1.29 is 14.3 Å². The lowest BCUT2D eigenvalue weighted by atomic mass is 9.72. The fraction of sp³-hybridized carbons (Fsp3) is 0.459. The van der Waals surface area contributed by atoms with Crippen LogP contribution in [0.1, 0.15) is 41.6 Å². The first kappa shape index (κ1) is 32.8. The lowest BCUT2D eigenvalue weighted by Crippen LogP contribution is -2.59. The normalized spacial score (nSPS) is 18.5. The van der Waals surface area contributed by atoms with E-state index in [9.17, 15) is 9.59 Å². The van der Waals surface area contributed by atoms with Crippen molar-refractivity contribution in [2.75, 3.05) is 71.8 Å². The standard InChI is InChI=1S/C22H29N3O2.C15H20N2O/c1-24(2)16-17-25-14-12-19(13-15-25)27-22(26)23-21-11-7-6-10-20(21)18-8-4-3-5-9-18;18-10-14-3-1-13(2-4-14)9-17-11-15(12-17)5-7-16-8-6-15/h3-11,19H,12-17H2,1-2H3,(H,23,26);1-4,10,16H,5-9,11-12H2. The molecule has 0 saturated carbocycles. The van der Waals surface area contributed by atoms with Gasteiger partial charge >= 0.3 is 6.09 Å². The number of para-hydroxylation sites is 1. The summed E-state index contributed by atoms with van der Waals surface area (Å²) in [5.41, 5.74) is 5.52. The van der Waals surface area contributed by atoms with Gasteiger partial charge in [0.1, 0.15) is 12.4 Å². The first-order valence-corrected chi connectivity index (χ1v) is 16.4. The number of likely N-dealkylation sites (tertiary alicyclic amines) is 2. The van der Waals surface area contributed by atoms with Crippen LogP contribution in [0.4, 0.5) is 10.5 Å². The van der Waals surface area contributed by atoms with Crippen molar-refractivity contribution in [3.8, 4) is 11.1 Å². The number of aldehydes is 1. The Balaban J connectivity index is 0.000000192. The monoisotopic (exact) mass is 611 g/mol. The van der Waals surface area contributed by atoms with Gasteiger partial charge in [-0.1, -0.05) is 72.8 Å². The van der Waals surface area contributed by atoms with Crippen molar-refractivity contribution in [2.45, 2.75) is 38.3 Å². The molecule has 3 aromatic carbocycles. The van der Waals surface area contributed by atoms with E-state index >= 15 is 0 Å². The zero-order valence-corrected chi connectivity index (χ0v) is 26.9. The highest BCUT2D eigenvalue weighted by Crippen LogP contribution is 2.39. The first-order chi connectivity index (χ1) is 21.9. The Morgan fingerprint density at radius 1 is 0.933 bits per heavy atom. The molecule has 45 heavy (non-hydrogen) atoms. The molecule has 0 radical (unpaired) electrons. The third-order valence-corrected chi connectivity index (χ3v) is 9.22. The molecular formula is C37H49N5O3. The number of hydrogen-bond acceptors (Lipinski definition) is 7. The number of amides is 1. The summed E-state index contributed by atoms with van der Waals surface area (Å²) in [7, 11) is 4.18. The average molecular weight is 612 g/mol. The number of likely N-dealkylation sites (N-methyl/N-ethyl adjacent to an activating group) is 1. The lowest BCUT2D eigenvalue weighted by Gasteiger charge is -2.52. The van der Waals surface area contributed by atoms with E-state index in [-0.39, 0.29) is 12.2 Å². The molecular weight excluding hydrogens is 562 g/mol. The number of piperidine rings is 2. The van der Waals surface area contributed by atoms with E-state index in [0.29, 0.717) is 5.41 Å². The molecule has 1 spiro atoms. The summed E-state index contributed by atoms with van der Waals surface area (Å²) < 4.78 is 5.67. The number of hydrogen-bond donors (Lipinski definition) is 2. The van der Waals surface area contributed by atoms with Gasteiger partial charge in [-0.25, -0.2) is 4.79 Å². The van der Waals surface area contributed by atoms with E-state index < -0.39 is 0 Å². The fourth-order valence-electron chi connectivity index (χ4n) is 6.59. The highest BCUT2D eigenvalue weighted by Gasteiger charge is 2.42. The summed E-state index contributed by atoms with van der Waals surface area (Å²) in [5, 5.41) is 6.36. The number of anilines is 1. The van der Waals surface area contributed by atoms with Crippen molar-refractivity contribution in [1.29, 1.82) is 0 Å². The van der Waals surface area contributed by atoms with Crippen LogP contribution in [-0.2, 0) is 11.3 Å². The summed E-state index contributed by atoms with van der Waals surface area (Å²) in [6.45, 7) is 9.95. The second-order valence-electron chi connectivity index (χ2n) is 13.0. The number of rotatable bonds is 9. The van der Waals surface area contributed by atoms with Crippen molar-refractivity contribution in [2.24, 2.45) is 5.41 Å². The SMILES string of the molecule is CN(C)CCN1CCC(OC(=O)Nc2ccccc2-c2ccccc2)CC1.O=Cc1ccc(CN2CC3(CCNCC3)C2)cc1. The van der Waals surface area contributed by atoms with Crippen LogP contribution in [0.25, 0.3) is 11.1 Å². The summed E-state index contributed by atoms with van der Waals surface area (Å²) in [6, 6.07) is 25.8. The molecule has 0 unspecified atom stereocenters. The Bertz CT molecular complexity index is 1340. The fourth-order valence-corrected chi connectivity index (χ4v) is 6.59. The second kappa shape index (κ2) is 16.1. The number of carbonyl (C=O) groups excluding carboxylic acids is 2. The van der Waals surface area contributed by atoms with Crippen LogP contribution in [0.3, 0.4) is 0 Å². The van der Waals surface area contributed by atoms with Crippen LogP contribution in [0, 0.1) is 5.41 Å². The molecule has 8 heteroatoms. The van der Waals surface area contributed by atoms with E-state index in [1.54, 1.807) is 0 Å². The molecule has 3 aliphatic rings. The number of carbonyl (C=O) groups is 2. The molecule has 3 aliphatic heterocycles. The Morgan fingerprint density at radius 2 is 1.60 bits per heavy atom. The summed E-state index contributed by atoms with van der Waals surface area (Å²) in [4.78, 5) is 30.1. The number of nitrogens with one attached hydrogen (secondary N) is 2. The van der Waals surface area contributed by atoms with Gasteiger partial charge in [0, 0.05) is 56.9 Å². The quantitative estimate of drug-likeness (QED) is 0.305. The van der Waals surface area contributed by atoms with E-state index in [4.69, 9.17) is 4.74 Å². The number of ether oxygens (including phenoxy) is 1. The molecule has 3 heterocycles. The maximum Gasteiger partial charge on any atom is 0.411 e. The molecule has 0 atom stereocenters. The summed E-state index contributed by atoms with van der Waals surface area (Å²) in [5.74, 6) is 0. The third kappa shape index (κ3) is 9.71. The summed E-state index contributed by atoms with van der Waals surface area (Å²) in [6.07, 6.45) is 4.95. The van der Waals surface area contributed by atoms with Gasteiger partial charge in [0.25, 0.3) is 0 Å². The molecule has 8 nitrogen and oxygen atoms in total. The second-order valence-corrected chi connectivity index (χ2v) is 13.0. The molecule has 3 aromatic rings. The third-order valence-electron chi connectivity index (χ3n) is 9.22. The first-order valence-electron chi connectivity index (χ1n) is 16.4. The van der Waals surface area contributed by atoms with Crippen LogP contribution in [0.15, 0.2) is 78.9 Å². The molecule has 6 rings (SSSR count). The van der Waals surface area contributed by atoms with Gasteiger partial charge in [0.15, 0.2) is 0 Å². The van der Waals surface area contributed by atoms with Gasteiger partial charge in [-0.05, 0) is 75.5 Å². The molecule has 0 aromatic heterocycles. The van der Waals surface area contributed by atoms with Crippen LogP contribution in [-0.4, -0.2) is 99.6 Å². The Kier molecular flexibility index (Phi) is 11.8. The van der Waals surface area contributed by atoms with Crippen LogP contribution >= 0.6 is 0 Å². The minimum absolute atomic E-state index is 0.00973. The lowest BCUT2D eigenvalue weighted by molar-refractivity contribution is -0.0282. The van der Waals surface area contributed by atoms with Crippen molar-refractivity contribution >= 4 is 18.1 Å². The summed E-state index contributed by atoms with van der Waals surface area (Å²) >= 11 is 0. The topological polar surface area (TPSA) is 77.2 Å². The van der Waals surface area contributed by atoms with Gasteiger partial charge in [-0.15, -0.1) is 0 Å². The van der Waals surface area contributed by atoms with Crippen LogP contribution in [0.2, 0.25) is 0 Å². The van der Waals surface area contributed by atoms with Crippen LogP contribution in [0.5, 0.6) is 0 Å².